The van der Waals surface area contributed by atoms with Crippen LogP contribution in [-0.2, 0) is 6.54 Å². The van der Waals surface area contributed by atoms with Crippen LogP contribution in [0.1, 0.15) is 15.9 Å². The molecule has 0 saturated heterocycles. The number of aromatic nitrogens is 4. The Balaban J connectivity index is 1.75. The standard InChI is InChI=1S/C16H12ClN5O2/c17-12-5-2-1-4-10(12)8-19-15(23)11-9-18-14(21-16(11)24)13-6-3-7-20-22-13/h1-7,9H,8H2,(H,19,23)(H,18,21,24). The molecule has 0 bridgehead atoms. The minimum Gasteiger partial charge on any atom is -0.493 e. The van der Waals surface area contributed by atoms with Crippen molar-refractivity contribution in [2.45, 2.75) is 6.54 Å². The first kappa shape index (κ1) is 15.8. The van der Waals surface area contributed by atoms with E-state index in [1.807, 2.05) is 6.07 Å². The molecule has 3 aromatic rings. The van der Waals surface area contributed by atoms with Gasteiger partial charge in [0.2, 0.25) is 5.88 Å². The Labute approximate surface area is 142 Å². The molecule has 0 spiro atoms. The lowest BCUT2D eigenvalue weighted by Crippen LogP contribution is -2.23. The van der Waals surface area contributed by atoms with Gasteiger partial charge in [0, 0.05) is 24.0 Å². The summed E-state index contributed by atoms with van der Waals surface area (Å²) in [7, 11) is 0. The van der Waals surface area contributed by atoms with Crippen LogP contribution in [0.5, 0.6) is 5.88 Å². The molecule has 2 aromatic heterocycles. The first-order valence-corrected chi connectivity index (χ1v) is 7.38. The van der Waals surface area contributed by atoms with E-state index in [9.17, 15) is 9.90 Å². The summed E-state index contributed by atoms with van der Waals surface area (Å²) in [5, 5.41) is 20.8. The first-order valence-electron chi connectivity index (χ1n) is 7.01. The molecule has 1 aromatic carbocycles. The van der Waals surface area contributed by atoms with Crippen LogP contribution in [0.3, 0.4) is 0 Å². The van der Waals surface area contributed by atoms with Crippen LogP contribution in [0.25, 0.3) is 11.5 Å². The number of halogens is 1. The summed E-state index contributed by atoms with van der Waals surface area (Å²) in [4.78, 5) is 20.1. The zero-order valence-electron chi connectivity index (χ0n) is 12.3. The number of hydrogen-bond acceptors (Lipinski definition) is 6. The molecule has 24 heavy (non-hydrogen) atoms. The van der Waals surface area contributed by atoms with Gasteiger partial charge in [-0.05, 0) is 23.8 Å². The second-order valence-corrected chi connectivity index (χ2v) is 5.22. The van der Waals surface area contributed by atoms with Crippen LogP contribution in [0.4, 0.5) is 0 Å². The van der Waals surface area contributed by atoms with Gasteiger partial charge in [0.1, 0.15) is 11.3 Å². The van der Waals surface area contributed by atoms with E-state index in [0.29, 0.717) is 10.7 Å². The molecule has 0 unspecified atom stereocenters. The molecule has 0 atom stereocenters. The highest BCUT2D eigenvalue weighted by atomic mass is 35.5. The van der Waals surface area contributed by atoms with E-state index in [0.717, 1.165) is 5.56 Å². The molecule has 8 heteroatoms. The Morgan fingerprint density at radius 1 is 1.21 bits per heavy atom. The van der Waals surface area contributed by atoms with Crippen LogP contribution in [0.15, 0.2) is 48.8 Å². The molecule has 120 valence electrons. The molecule has 0 aliphatic heterocycles. The van der Waals surface area contributed by atoms with Crippen molar-refractivity contribution in [3.63, 3.8) is 0 Å². The lowest BCUT2D eigenvalue weighted by molar-refractivity contribution is 0.0947. The van der Waals surface area contributed by atoms with Gasteiger partial charge < -0.3 is 10.4 Å². The normalized spacial score (nSPS) is 10.4. The highest BCUT2D eigenvalue weighted by Crippen LogP contribution is 2.19. The molecule has 7 nitrogen and oxygen atoms in total. The zero-order valence-corrected chi connectivity index (χ0v) is 13.1. The van der Waals surface area contributed by atoms with Gasteiger partial charge >= 0.3 is 0 Å². The Bertz CT molecular complexity index is 873. The van der Waals surface area contributed by atoms with E-state index in [1.165, 1.54) is 12.4 Å². The molecular formula is C16H12ClN5O2. The molecule has 1 amide bonds. The van der Waals surface area contributed by atoms with Gasteiger partial charge in [-0.15, -0.1) is 5.10 Å². The van der Waals surface area contributed by atoms with Gasteiger partial charge in [-0.2, -0.15) is 10.1 Å². The SMILES string of the molecule is O=C(NCc1ccccc1Cl)c1cnc(-c2cccnn2)nc1O. The van der Waals surface area contributed by atoms with Crippen molar-refractivity contribution >= 4 is 17.5 Å². The summed E-state index contributed by atoms with van der Waals surface area (Å²) in [5.74, 6) is -0.747. The average molecular weight is 342 g/mol. The quantitative estimate of drug-likeness (QED) is 0.754. The summed E-state index contributed by atoms with van der Waals surface area (Å²) in [6.45, 7) is 0.226. The fraction of sp³-hybridized carbons (Fsp3) is 0.0625. The summed E-state index contributed by atoms with van der Waals surface area (Å²) < 4.78 is 0. The van der Waals surface area contributed by atoms with Crippen LogP contribution >= 0.6 is 11.6 Å². The number of amides is 1. The number of carbonyl (C=O) groups excluding carboxylic acids is 1. The van der Waals surface area contributed by atoms with Gasteiger partial charge in [-0.3, -0.25) is 4.79 Å². The topological polar surface area (TPSA) is 101 Å². The van der Waals surface area contributed by atoms with Crippen molar-refractivity contribution in [3.05, 3.63) is 64.9 Å². The first-order chi connectivity index (χ1) is 11.6. The predicted molar refractivity (Wildman–Crippen MR) is 87.3 cm³/mol. The van der Waals surface area contributed by atoms with E-state index in [-0.39, 0.29) is 17.9 Å². The average Bonchev–Trinajstić information content (AvgIpc) is 2.61. The predicted octanol–water partition coefficient (Wildman–Crippen LogP) is 2.22. The van der Waals surface area contributed by atoms with Crippen molar-refractivity contribution in [2.75, 3.05) is 0 Å². The van der Waals surface area contributed by atoms with Crippen molar-refractivity contribution in [2.24, 2.45) is 0 Å². The molecule has 0 fully saturated rings. The number of nitrogens with zero attached hydrogens (tertiary/aromatic N) is 4. The molecular weight excluding hydrogens is 330 g/mol. The maximum atomic E-state index is 12.2. The van der Waals surface area contributed by atoms with Crippen molar-refractivity contribution < 1.29 is 9.90 Å². The maximum Gasteiger partial charge on any atom is 0.258 e. The zero-order chi connectivity index (χ0) is 16.9. The number of rotatable bonds is 4. The minimum atomic E-state index is -0.502. The fourth-order valence-corrected chi connectivity index (χ4v) is 2.19. The number of hydrogen-bond donors (Lipinski definition) is 2. The Kier molecular flexibility index (Phi) is 4.62. The van der Waals surface area contributed by atoms with Crippen LogP contribution in [0, 0.1) is 0 Å². The molecule has 2 N–H and O–H groups in total. The van der Waals surface area contributed by atoms with Crippen LogP contribution in [-0.4, -0.2) is 31.2 Å². The Morgan fingerprint density at radius 3 is 2.75 bits per heavy atom. The number of aromatic hydroxyl groups is 1. The summed E-state index contributed by atoms with van der Waals surface area (Å²) in [6, 6.07) is 10.5. The van der Waals surface area contributed by atoms with Crippen LogP contribution < -0.4 is 5.32 Å². The highest BCUT2D eigenvalue weighted by molar-refractivity contribution is 6.31. The van der Waals surface area contributed by atoms with Gasteiger partial charge in [-0.25, -0.2) is 4.98 Å². The number of nitrogens with one attached hydrogen (secondary N) is 1. The second kappa shape index (κ2) is 7.01. The van der Waals surface area contributed by atoms with Crippen molar-refractivity contribution in [3.8, 4) is 17.4 Å². The number of benzene rings is 1. The molecule has 3 rings (SSSR count). The van der Waals surface area contributed by atoms with Gasteiger partial charge in [0.15, 0.2) is 5.82 Å². The van der Waals surface area contributed by atoms with E-state index in [4.69, 9.17) is 11.6 Å². The summed E-state index contributed by atoms with van der Waals surface area (Å²) >= 11 is 6.04. The van der Waals surface area contributed by atoms with E-state index in [2.05, 4.69) is 25.5 Å². The minimum absolute atomic E-state index is 0.0327. The molecule has 0 radical (unpaired) electrons. The monoisotopic (exact) mass is 341 g/mol. The highest BCUT2D eigenvalue weighted by Gasteiger charge is 2.15. The second-order valence-electron chi connectivity index (χ2n) is 4.81. The van der Waals surface area contributed by atoms with E-state index >= 15 is 0 Å². The van der Waals surface area contributed by atoms with Crippen molar-refractivity contribution in [1.29, 1.82) is 0 Å². The fourth-order valence-electron chi connectivity index (χ4n) is 1.99. The summed E-state index contributed by atoms with van der Waals surface area (Å²) in [5.41, 5.74) is 1.13. The lowest BCUT2D eigenvalue weighted by atomic mass is 10.2. The largest absolute Gasteiger partial charge is 0.493 e. The van der Waals surface area contributed by atoms with E-state index in [1.54, 1.807) is 30.3 Å². The smallest absolute Gasteiger partial charge is 0.258 e. The Hall–Kier alpha value is -3.06. The van der Waals surface area contributed by atoms with Gasteiger partial charge in [-0.1, -0.05) is 29.8 Å². The Morgan fingerprint density at radius 2 is 2.04 bits per heavy atom. The molecule has 2 heterocycles. The third-order valence-electron chi connectivity index (χ3n) is 3.21. The molecule has 0 aliphatic rings. The third-order valence-corrected chi connectivity index (χ3v) is 3.58. The maximum absolute atomic E-state index is 12.2. The van der Waals surface area contributed by atoms with Gasteiger partial charge in [0.25, 0.3) is 5.91 Å². The lowest BCUT2D eigenvalue weighted by Gasteiger charge is -2.08. The van der Waals surface area contributed by atoms with E-state index < -0.39 is 11.8 Å². The number of carbonyl (C=O) groups is 1. The van der Waals surface area contributed by atoms with Gasteiger partial charge in [0.05, 0.1) is 0 Å². The molecule has 0 aliphatic carbocycles. The third kappa shape index (κ3) is 3.47. The molecule has 0 saturated carbocycles. The van der Waals surface area contributed by atoms with Crippen molar-refractivity contribution in [1.82, 2.24) is 25.5 Å². The summed E-state index contributed by atoms with van der Waals surface area (Å²) in [6.07, 6.45) is 2.76. The van der Waals surface area contributed by atoms with Crippen LogP contribution in [0.2, 0.25) is 5.02 Å².